The molecule has 0 bridgehead atoms. The van der Waals surface area contributed by atoms with Gasteiger partial charge in [-0.2, -0.15) is 5.10 Å². The van der Waals surface area contributed by atoms with E-state index in [9.17, 15) is 4.79 Å². The Labute approximate surface area is 169 Å². The third-order valence-electron chi connectivity index (χ3n) is 3.89. The molecule has 3 rings (SSSR count). The van der Waals surface area contributed by atoms with Crippen LogP contribution in [0.5, 0.6) is 5.75 Å². The molecule has 0 aliphatic carbocycles. The Bertz CT molecular complexity index is 957. The lowest BCUT2D eigenvalue weighted by atomic mass is 10.2. The highest BCUT2D eigenvalue weighted by molar-refractivity contribution is 6.31. The van der Waals surface area contributed by atoms with Gasteiger partial charge in [-0.3, -0.25) is 10.2 Å². The second-order valence-corrected chi connectivity index (χ2v) is 6.51. The van der Waals surface area contributed by atoms with Crippen molar-refractivity contribution >= 4 is 35.1 Å². The lowest BCUT2D eigenvalue weighted by Gasteiger charge is -2.07. The summed E-state index contributed by atoms with van der Waals surface area (Å²) in [7, 11) is 0. The summed E-state index contributed by atoms with van der Waals surface area (Å²) in [6.07, 6.45) is 1.69. The summed E-state index contributed by atoms with van der Waals surface area (Å²) < 4.78 is 5.51. The van der Waals surface area contributed by atoms with Gasteiger partial charge in [-0.15, -0.1) is 0 Å². The highest BCUT2D eigenvalue weighted by atomic mass is 35.5. The van der Waals surface area contributed by atoms with Crippen LogP contribution in [0.4, 0.5) is 11.4 Å². The molecular formula is C22H20ClN3O2. The van der Waals surface area contributed by atoms with Gasteiger partial charge in [0, 0.05) is 10.7 Å². The Morgan fingerprint density at radius 1 is 1.04 bits per heavy atom. The number of benzene rings is 3. The molecule has 142 valence electrons. The monoisotopic (exact) mass is 393 g/mol. The second kappa shape index (κ2) is 9.58. The molecule has 0 aromatic heterocycles. The number of carbonyl (C=O) groups is 1. The van der Waals surface area contributed by atoms with Crippen molar-refractivity contribution in [3.05, 3.63) is 88.9 Å². The van der Waals surface area contributed by atoms with Crippen LogP contribution in [0.3, 0.4) is 0 Å². The fourth-order valence-corrected chi connectivity index (χ4v) is 2.54. The Kier molecular flexibility index (Phi) is 6.65. The number of rotatable bonds is 7. The van der Waals surface area contributed by atoms with E-state index in [0.29, 0.717) is 10.8 Å². The summed E-state index contributed by atoms with van der Waals surface area (Å²) in [4.78, 5) is 11.9. The Hall–Kier alpha value is -3.31. The van der Waals surface area contributed by atoms with E-state index < -0.39 is 0 Å². The molecule has 0 radical (unpaired) electrons. The van der Waals surface area contributed by atoms with E-state index in [2.05, 4.69) is 15.8 Å². The Balaban J connectivity index is 1.47. The molecule has 28 heavy (non-hydrogen) atoms. The first-order valence-corrected chi connectivity index (χ1v) is 9.11. The first-order valence-electron chi connectivity index (χ1n) is 8.73. The van der Waals surface area contributed by atoms with Gasteiger partial charge in [0.05, 0.1) is 11.9 Å². The van der Waals surface area contributed by atoms with E-state index in [1.807, 2.05) is 67.6 Å². The number of anilines is 2. The van der Waals surface area contributed by atoms with Crippen molar-refractivity contribution in [1.82, 2.24) is 0 Å². The first kappa shape index (κ1) is 19.5. The summed E-state index contributed by atoms with van der Waals surface area (Å²) in [5, 5.41) is 7.66. The average Bonchev–Trinajstić information content (AvgIpc) is 2.71. The number of amides is 1. The molecule has 0 fully saturated rings. The van der Waals surface area contributed by atoms with E-state index in [-0.39, 0.29) is 12.5 Å². The topological polar surface area (TPSA) is 62.7 Å². The lowest BCUT2D eigenvalue weighted by Crippen LogP contribution is -2.20. The molecule has 0 saturated heterocycles. The van der Waals surface area contributed by atoms with Gasteiger partial charge in [-0.25, -0.2) is 0 Å². The van der Waals surface area contributed by atoms with Gasteiger partial charge >= 0.3 is 0 Å². The SMILES string of the molecule is Cc1ccc(NN=Cc2ccc(OCC(=O)Nc3ccccc3)cc2)cc1Cl. The number of nitrogens with zero attached hydrogens (tertiary/aromatic N) is 1. The number of carbonyl (C=O) groups excluding carboxylic acids is 1. The van der Waals surface area contributed by atoms with Crippen molar-refractivity contribution in [2.24, 2.45) is 5.10 Å². The highest BCUT2D eigenvalue weighted by Crippen LogP contribution is 2.20. The number of hydrogen-bond donors (Lipinski definition) is 2. The van der Waals surface area contributed by atoms with Crippen molar-refractivity contribution in [2.45, 2.75) is 6.92 Å². The summed E-state index contributed by atoms with van der Waals surface area (Å²) in [5.74, 6) is 0.399. The standard InChI is InChI=1S/C22H20ClN3O2/c1-16-7-10-19(13-21(16)23)26-24-14-17-8-11-20(12-9-17)28-15-22(27)25-18-5-3-2-4-6-18/h2-14,26H,15H2,1H3,(H,25,27). The molecule has 1 amide bonds. The molecule has 5 nitrogen and oxygen atoms in total. The van der Waals surface area contributed by atoms with E-state index in [0.717, 1.165) is 22.5 Å². The van der Waals surface area contributed by atoms with Crippen molar-refractivity contribution in [3.63, 3.8) is 0 Å². The van der Waals surface area contributed by atoms with Gasteiger partial charge < -0.3 is 10.1 Å². The average molecular weight is 394 g/mol. The minimum atomic E-state index is -0.210. The summed E-state index contributed by atoms with van der Waals surface area (Å²) in [5.41, 5.74) is 6.41. The zero-order valence-electron chi connectivity index (χ0n) is 15.4. The van der Waals surface area contributed by atoms with Gasteiger partial charge in [-0.05, 0) is 66.6 Å². The van der Waals surface area contributed by atoms with Crippen LogP contribution in [0.15, 0.2) is 77.9 Å². The summed E-state index contributed by atoms with van der Waals surface area (Å²) in [6.45, 7) is 1.89. The molecular weight excluding hydrogens is 374 g/mol. The van der Waals surface area contributed by atoms with Crippen LogP contribution in [-0.2, 0) is 4.79 Å². The molecule has 0 atom stereocenters. The van der Waals surface area contributed by atoms with E-state index >= 15 is 0 Å². The number of hydrazone groups is 1. The number of hydrogen-bond acceptors (Lipinski definition) is 4. The third-order valence-corrected chi connectivity index (χ3v) is 4.29. The van der Waals surface area contributed by atoms with Crippen LogP contribution < -0.4 is 15.5 Å². The number of ether oxygens (including phenoxy) is 1. The lowest BCUT2D eigenvalue weighted by molar-refractivity contribution is -0.118. The van der Waals surface area contributed by atoms with Crippen LogP contribution in [0.2, 0.25) is 5.02 Å². The number of halogens is 1. The molecule has 3 aromatic carbocycles. The molecule has 0 spiro atoms. The van der Waals surface area contributed by atoms with Gasteiger partial charge in [-0.1, -0.05) is 35.9 Å². The normalized spacial score (nSPS) is 10.6. The predicted molar refractivity (Wildman–Crippen MR) is 114 cm³/mol. The third kappa shape index (κ3) is 5.86. The predicted octanol–water partition coefficient (Wildman–Crippen LogP) is 5.11. The van der Waals surface area contributed by atoms with Crippen LogP contribution in [-0.4, -0.2) is 18.7 Å². The molecule has 0 unspecified atom stereocenters. The molecule has 0 saturated carbocycles. The zero-order chi connectivity index (χ0) is 19.8. The zero-order valence-corrected chi connectivity index (χ0v) is 16.1. The van der Waals surface area contributed by atoms with E-state index in [1.54, 1.807) is 18.3 Å². The molecule has 0 heterocycles. The fraction of sp³-hybridized carbons (Fsp3) is 0.0909. The Morgan fingerprint density at radius 2 is 1.79 bits per heavy atom. The molecule has 0 aliphatic rings. The maximum absolute atomic E-state index is 11.9. The summed E-state index contributed by atoms with van der Waals surface area (Å²) in [6, 6.07) is 22.2. The van der Waals surface area contributed by atoms with Crippen LogP contribution in [0.1, 0.15) is 11.1 Å². The summed E-state index contributed by atoms with van der Waals surface area (Å²) >= 11 is 6.09. The van der Waals surface area contributed by atoms with Crippen LogP contribution in [0, 0.1) is 6.92 Å². The number of para-hydroxylation sites is 1. The Morgan fingerprint density at radius 3 is 2.50 bits per heavy atom. The fourth-order valence-electron chi connectivity index (χ4n) is 2.36. The second-order valence-electron chi connectivity index (χ2n) is 6.11. The largest absolute Gasteiger partial charge is 0.484 e. The maximum Gasteiger partial charge on any atom is 0.262 e. The van der Waals surface area contributed by atoms with Gasteiger partial charge in [0.25, 0.3) is 5.91 Å². The van der Waals surface area contributed by atoms with Crippen molar-refractivity contribution in [1.29, 1.82) is 0 Å². The molecule has 2 N–H and O–H groups in total. The van der Waals surface area contributed by atoms with Crippen molar-refractivity contribution in [2.75, 3.05) is 17.3 Å². The first-order chi connectivity index (χ1) is 13.6. The number of aryl methyl sites for hydroxylation is 1. The minimum absolute atomic E-state index is 0.0575. The maximum atomic E-state index is 11.9. The smallest absolute Gasteiger partial charge is 0.262 e. The van der Waals surface area contributed by atoms with E-state index in [1.165, 1.54) is 0 Å². The molecule has 6 heteroatoms. The van der Waals surface area contributed by atoms with Gasteiger partial charge in [0.15, 0.2) is 6.61 Å². The van der Waals surface area contributed by atoms with Crippen LogP contribution in [0.25, 0.3) is 0 Å². The van der Waals surface area contributed by atoms with Crippen molar-refractivity contribution < 1.29 is 9.53 Å². The molecule has 3 aromatic rings. The quantitative estimate of drug-likeness (QED) is 0.433. The van der Waals surface area contributed by atoms with Gasteiger partial charge in [0.2, 0.25) is 0 Å². The number of nitrogens with one attached hydrogen (secondary N) is 2. The highest BCUT2D eigenvalue weighted by Gasteiger charge is 2.03. The minimum Gasteiger partial charge on any atom is -0.484 e. The molecule has 0 aliphatic heterocycles. The van der Waals surface area contributed by atoms with Crippen LogP contribution >= 0.6 is 11.6 Å². The van der Waals surface area contributed by atoms with E-state index in [4.69, 9.17) is 16.3 Å². The van der Waals surface area contributed by atoms with Gasteiger partial charge in [0.1, 0.15) is 5.75 Å². The van der Waals surface area contributed by atoms with Crippen molar-refractivity contribution in [3.8, 4) is 5.75 Å².